The molecule has 1 saturated heterocycles. The van der Waals surface area contributed by atoms with Crippen molar-refractivity contribution in [3.8, 4) is 0 Å². The Morgan fingerprint density at radius 1 is 1.22 bits per heavy atom. The molecule has 0 atom stereocenters. The third-order valence-electron chi connectivity index (χ3n) is 4.22. The number of nitrogens with zero attached hydrogens (tertiary/aromatic N) is 1. The average Bonchev–Trinajstić information content (AvgIpc) is 2.38. The summed E-state index contributed by atoms with van der Waals surface area (Å²) in [5.41, 5.74) is 3.25. The third kappa shape index (κ3) is 3.05. The minimum Gasteiger partial charge on any atom is -0.371 e. The van der Waals surface area contributed by atoms with Crippen molar-refractivity contribution in [3.63, 3.8) is 0 Å². The predicted octanol–water partition coefficient (Wildman–Crippen LogP) is 3.21. The molecule has 2 nitrogen and oxygen atoms in total. The largest absolute Gasteiger partial charge is 0.371 e. The summed E-state index contributed by atoms with van der Waals surface area (Å²) in [6.45, 7) is 11.5. The van der Waals surface area contributed by atoms with Crippen molar-refractivity contribution in [1.29, 1.82) is 0 Å². The molecule has 0 bridgehead atoms. The molecule has 0 amide bonds. The molecule has 18 heavy (non-hydrogen) atoms. The Bertz CT molecular complexity index is 380. The monoisotopic (exact) mass is 246 g/mol. The molecule has 1 N–H and O–H groups in total. The van der Waals surface area contributed by atoms with Gasteiger partial charge in [0.05, 0.1) is 0 Å². The van der Waals surface area contributed by atoms with Crippen LogP contribution in [-0.4, -0.2) is 26.2 Å². The van der Waals surface area contributed by atoms with E-state index in [1.807, 2.05) is 0 Å². The van der Waals surface area contributed by atoms with Crippen LogP contribution in [0.1, 0.15) is 32.3 Å². The van der Waals surface area contributed by atoms with Gasteiger partial charge in [-0.25, -0.2) is 0 Å². The van der Waals surface area contributed by atoms with E-state index in [-0.39, 0.29) is 0 Å². The highest BCUT2D eigenvalue weighted by molar-refractivity contribution is 5.53. The summed E-state index contributed by atoms with van der Waals surface area (Å²) in [5, 5.41) is 3.46. The van der Waals surface area contributed by atoms with Crippen LogP contribution in [0.25, 0.3) is 0 Å². The van der Waals surface area contributed by atoms with E-state index in [0.29, 0.717) is 5.41 Å². The number of piperidine rings is 1. The molecular formula is C16H26N2. The number of para-hydroxylation sites is 1. The number of aryl methyl sites for hydroxylation is 1. The van der Waals surface area contributed by atoms with Gasteiger partial charge in [-0.1, -0.05) is 25.1 Å². The van der Waals surface area contributed by atoms with E-state index in [2.05, 4.69) is 55.3 Å². The first-order valence-corrected chi connectivity index (χ1v) is 7.16. The highest BCUT2D eigenvalue weighted by Crippen LogP contribution is 2.31. The van der Waals surface area contributed by atoms with E-state index >= 15 is 0 Å². The molecule has 1 heterocycles. The van der Waals surface area contributed by atoms with Crippen molar-refractivity contribution in [2.75, 3.05) is 31.1 Å². The quantitative estimate of drug-likeness (QED) is 0.877. The van der Waals surface area contributed by atoms with Crippen molar-refractivity contribution in [1.82, 2.24) is 5.32 Å². The summed E-state index contributed by atoms with van der Waals surface area (Å²) in [6, 6.07) is 8.74. The number of benzene rings is 1. The van der Waals surface area contributed by atoms with Gasteiger partial charge in [-0.2, -0.15) is 0 Å². The molecule has 0 aliphatic carbocycles. The molecule has 2 rings (SSSR count). The van der Waals surface area contributed by atoms with Crippen LogP contribution >= 0.6 is 0 Å². The summed E-state index contributed by atoms with van der Waals surface area (Å²) in [5.74, 6) is 0. The Morgan fingerprint density at radius 2 is 1.89 bits per heavy atom. The lowest BCUT2D eigenvalue weighted by Gasteiger charge is -2.39. The summed E-state index contributed by atoms with van der Waals surface area (Å²) >= 11 is 0. The second kappa shape index (κ2) is 5.75. The van der Waals surface area contributed by atoms with Gasteiger partial charge in [0.15, 0.2) is 0 Å². The molecule has 0 aromatic heterocycles. The van der Waals surface area contributed by atoms with Crippen molar-refractivity contribution >= 4 is 5.69 Å². The van der Waals surface area contributed by atoms with Crippen LogP contribution in [0.3, 0.4) is 0 Å². The Hall–Kier alpha value is -1.02. The van der Waals surface area contributed by atoms with Crippen molar-refractivity contribution < 1.29 is 0 Å². The first-order chi connectivity index (χ1) is 8.64. The molecule has 2 heteroatoms. The van der Waals surface area contributed by atoms with Crippen LogP contribution in [0.5, 0.6) is 0 Å². The molecule has 1 aromatic carbocycles. The molecule has 0 radical (unpaired) electrons. The smallest absolute Gasteiger partial charge is 0.0395 e. The number of anilines is 1. The molecule has 100 valence electrons. The topological polar surface area (TPSA) is 15.3 Å². The van der Waals surface area contributed by atoms with E-state index in [1.165, 1.54) is 43.7 Å². The summed E-state index contributed by atoms with van der Waals surface area (Å²) < 4.78 is 0. The van der Waals surface area contributed by atoms with Crippen LogP contribution < -0.4 is 10.2 Å². The Labute approximate surface area is 111 Å². The zero-order valence-electron chi connectivity index (χ0n) is 12.0. The van der Waals surface area contributed by atoms with Crippen LogP contribution in [-0.2, 0) is 0 Å². The molecule has 1 aliphatic heterocycles. The van der Waals surface area contributed by atoms with Gasteiger partial charge >= 0.3 is 0 Å². The molecule has 0 unspecified atom stereocenters. The van der Waals surface area contributed by atoms with Crippen LogP contribution in [0.4, 0.5) is 5.69 Å². The average molecular weight is 246 g/mol. The van der Waals surface area contributed by atoms with Gasteiger partial charge in [0.2, 0.25) is 0 Å². The highest BCUT2D eigenvalue weighted by atomic mass is 15.1. The standard InChI is InChI=1S/C16H26N2/c1-4-18(15-8-6-5-7-14(15)2)13-16(3)9-11-17-12-10-16/h5-8,17H,4,9-13H2,1-3H3. The van der Waals surface area contributed by atoms with Gasteiger partial charge in [0.25, 0.3) is 0 Å². The van der Waals surface area contributed by atoms with Gasteiger partial charge in [-0.15, -0.1) is 0 Å². The van der Waals surface area contributed by atoms with Gasteiger partial charge in [-0.05, 0) is 56.8 Å². The van der Waals surface area contributed by atoms with Gasteiger partial charge < -0.3 is 10.2 Å². The molecular weight excluding hydrogens is 220 g/mol. The lowest BCUT2D eigenvalue weighted by Crippen LogP contribution is -2.43. The number of rotatable bonds is 4. The SMILES string of the molecule is CCN(CC1(C)CCNCC1)c1ccccc1C. The minimum absolute atomic E-state index is 0.462. The predicted molar refractivity (Wildman–Crippen MR) is 79.3 cm³/mol. The third-order valence-corrected chi connectivity index (χ3v) is 4.22. The fourth-order valence-electron chi connectivity index (χ4n) is 2.93. The Balaban J connectivity index is 2.12. The zero-order chi connectivity index (χ0) is 13.0. The van der Waals surface area contributed by atoms with Crippen LogP contribution in [0, 0.1) is 12.3 Å². The van der Waals surface area contributed by atoms with E-state index in [9.17, 15) is 0 Å². The summed E-state index contributed by atoms with van der Waals surface area (Å²) in [4.78, 5) is 2.54. The maximum atomic E-state index is 3.46. The fourth-order valence-corrected chi connectivity index (χ4v) is 2.93. The zero-order valence-corrected chi connectivity index (χ0v) is 12.0. The van der Waals surface area contributed by atoms with E-state index < -0.39 is 0 Å². The van der Waals surface area contributed by atoms with Crippen molar-refractivity contribution in [3.05, 3.63) is 29.8 Å². The van der Waals surface area contributed by atoms with Crippen molar-refractivity contribution in [2.45, 2.75) is 33.6 Å². The normalized spacial score (nSPS) is 18.6. The molecule has 1 aliphatic rings. The molecule has 1 aromatic rings. The molecule has 0 saturated carbocycles. The minimum atomic E-state index is 0.462. The Morgan fingerprint density at radius 3 is 2.50 bits per heavy atom. The lowest BCUT2D eigenvalue weighted by molar-refractivity contribution is 0.234. The maximum Gasteiger partial charge on any atom is 0.0395 e. The van der Waals surface area contributed by atoms with Gasteiger partial charge in [0, 0.05) is 18.8 Å². The molecule has 0 spiro atoms. The lowest BCUT2D eigenvalue weighted by atomic mass is 9.80. The maximum absolute atomic E-state index is 3.46. The van der Waals surface area contributed by atoms with E-state index in [1.54, 1.807) is 0 Å². The van der Waals surface area contributed by atoms with Crippen LogP contribution in [0.2, 0.25) is 0 Å². The summed E-state index contributed by atoms with van der Waals surface area (Å²) in [6.07, 6.45) is 2.57. The van der Waals surface area contributed by atoms with Crippen LogP contribution in [0.15, 0.2) is 24.3 Å². The van der Waals surface area contributed by atoms with Crippen molar-refractivity contribution in [2.24, 2.45) is 5.41 Å². The highest BCUT2D eigenvalue weighted by Gasteiger charge is 2.29. The molecule has 1 fully saturated rings. The second-order valence-electron chi connectivity index (χ2n) is 5.86. The fraction of sp³-hybridized carbons (Fsp3) is 0.625. The second-order valence-corrected chi connectivity index (χ2v) is 5.86. The number of hydrogen-bond donors (Lipinski definition) is 1. The van der Waals surface area contributed by atoms with Gasteiger partial charge in [-0.3, -0.25) is 0 Å². The number of nitrogens with one attached hydrogen (secondary N) is 1. The first-order valence-electron chi connectivity index (χ1n) is 7.16. The van der Waals surface area contributed by atoms with Gasteiger partial charge in [0.1, 0.15) is 0 Å². The van der Waals surface area contributed by atoms with E-state index in [4.69, 9.17) is 0 Å². The first kappa shape index (κ1) is 13.4. The summed E-state index contributed by atoms with van der Waals surface area (Å²) in [7, 11) is 0. The Kier molecular flexibility index (Phi) is 4.28. The van der Waals surface area contributed by atoms with E-state index in [0.717, 1.165) is 6.54 Å². The number of hydrogen-bond acceptors (Lipinski definition) is 2.